The maximum atomic E-state index is 14.0. The van der Waals surface area contributed by atoms with Gasteiger partial charge in [0.05, 0.1) is 23.6 Å². The summed E-state index contributed by atoms with van der Waals surface area (Å²) in [6.45, 7) is 8.46. The van der Waals surface area contributed by atoms with Crippen LogP contribution in [0.2, 0.25) is 0 Å². The second kappa shape index (κ2) is 20.5. The Labute approximate surface area is 294 Å². The number of morpholine rings is 1. The first-order valence-electron chi connectivity index (χ1n) is 17.3. The van der Waals surface area contributed by atoms with E-state index < -0.39 is 12.1 Å². The summed E-state index contributed by atoms with van der Waals surface area (Å²) in [4.78, 5) is 48.9. The summed E-state index contributed by atoms with van der Waals surface area (Å²) in [5.74, 6) is 0.0890. The molecular weight excluding hydrogens is 641 g/mol. The lowest BCUT2D eigenvalue weighted by atomic mass is 9.95. The van der Waals surface area contributed by atoms with Crippen LogP contribution in [-0.4, -0.2) is 97.4 Å². The average molecular weight is 693 g/mol. The Balaban J connectivity index is 1.46. The van der Waals surface area contributed by atoms with Gasteiger partial charge in [0.2, 0.25) is 5.91 Å². The van der Waals surface area contributed by atoms with E-state index in [1.165, 1.54) is 11.3 Å². The van der Waals surface area contributed by atoms with Crippen molar-refractivity contribution in [3.05, 3.63) is 88.4 Å². The summed E-state index contributed by atoms with van der Waals surface area (Å²) in [7, 11) is 1.76. The Morgan fingerprint density at radius 1 is 0.898 bits per heavy atom. The number of benzene rings is 2. The molecule has 3 aromatic rings. The van der Waals surface area contributed by atoms with Crippen LogP contribution in [0.5, 0.6) is 0 Å². The van der Waals surface area contributed by atoms with E-state index in [9.17, 15) is 14.4 Å². The number of carbonyl (C=O) groups is 3. The highest BCUT2D eigenvalue weighted by Crippen LogP contribution is 2.15. The zero-order valence-corrected chi connectivity index (χ0v) is 29.8. The number of carbonyl (C=O) groups excluding carboxylic acids is 3. The number of thiazole rings is 1. The molecule has 3 atom stereocenters. The van der Waals surface area contributed by atoms with Crippen molar-refractivity contribution in [3.63, 3.8) is 0 Å². The molecule has 0 aliphatic carbocycles. The zero-order valence-electron chi connectivity index (χ0n) is 29.0. The van der Waals surface area contributed by atoms with Crippen molar-refractivity contribution in [2.45, 2.75) is 70.7 Å². The fraction of sp³-hybridized carbons (Fsp3) is 0.514. The van der Waals surface area contributed by atoms with Crippen molar-refractivity contribution >= 4 is 29.4 Å². The van der Waals surface area contributed by atoms with Crippen molar-refractivity contribution in [3.8, 4) is 0 Å². The number of urea groups is 1. The first-order valence-corrected chi connectivity index (χ1v) is 18.1. The largest absolute Gasteiger partial charge is 0.444 e. The van der Waals surface area contributed by atoms with E-state index in [0.717, 1.165) is 29.1 Å². The summed E-state index contributed by atoms with van der Waals surface area (Å²) in [5.41, 5.74) is 3.89. The third kappa shape index (κ3) is 14.2. The van der Waals surface area contributed by atoms with Crippen LogP contribution in [0.4, 0.5) is 9.59 Å². The molecule has 12 heteroatoms. The number of nitrogens with zero attached hydrogens (tertiary/aromatic N) is 3. The lowest BCUT2D eigenvalue weighted by molar-refractivity contribution is -0.124. The molecule has 4 amide bonds. The van der Waals surface area contributed by atoms with Gasteiger partial charge in [-0.3, -0.25) is 14.7 Å². The summed E-state index contributed by atoms with van der Waals surface area (Å²) < 4.78 is 11.0. The fourth-order valence-corrected chi connectivity index (χ4v) is 6.41. The van der Waals surface area contributed by atoms with Gasteiger partial charge in [-0.1, -0.05) is 74.5 Å². The number of alkyl carbamates (subject to hydrolysis) is 1. The third-order valence-electron chi connectivity index (χ3n) is 8.45. The maximum absolute atomic E-state index is 14.0. The van der Waals surface area contributed by atoms with Gasteiger partial charge in [0.25, 0.3) is 0 Å². The molecule has 1 aromatic heterocycles. The van der Waals surface area contributed by atoms with Gasteiger partial charge >= 0.3 is 12.1 Å². The third-order valence-corrected chi connectivity index (χ3v) is 9.20. The van der Waals surface area contributed by atoms with Gasteiger partial charge in [0.15, 0.2) is 0 Å². The molecule has 2 aromatic carbocycles. The molecule has 49 heavy (non-hydrogen) atoms. The smallest absolute Gasteiger partial charge is 0.407 e. The summed E-state index contributed by atoms with van der Waals surface area (Å²) in [6, 6.07) is 18.6. The van der Waals surface area contributed by atoms with Crippen molar-refractivity contribution in [2.24, 2.45) is 5.92 Å². The summed E-state index contributed by atoms with van der Waals surface area (Å²) >= 11 is 1.43. The number of nitrogens with one attached hydrogen (secondary N) is 3. The first kappa shape index (κ1) is 37.8. The molecule has 0 spiro atoms. The van der Waals surface area contributed by atoms with Gasteiger partial charge in [0, 0.05) is 51.5 Å². The molecule has 266 valence electrons. The van der Waals surface area contributed by atoms with Crippen molar-refractivity contribution in [1.82, 2.24) is 30.7 Å². The Kier molecular flexibility index (Phi) is 15.8. The number of aromatic nitrogens is 1. The molecule has 0 bridgehead atoms. The minimum atomic E-state index is -0.705. The zero-order chi connectivity index (χ0) is 34.8. The Morgan fingerprint density at radius 3 is 2.08 bits per heavy atom. The summed E-state index contributed by atoms with van der Waals surface area (Å²) in [6.07, 6.45) is 4.11. The lowest BCUT2D eigenvalue weighted by Crippen LogP contribution is -2.54. The number of rotatable bonds is 18. The molecule has 1 saturated heterocycles. The average Bonchev–Trinajstić information content (AvgIpc) is 3.63. The first-order chi connectivity index (χ1) is 23.7. The molecule has 11 nitrogen and oxygen atoms in total. The quantitative estimate of drug-likeness (QED) is 0.174. The molecule has 3 N–H and O–H groups in total. The van der Waals surface area contributed by atoms with Crippen LogP contribution in [0.15, 0.2) is 72.4 Å². The highest BCUT2D eigenvalue weighted by Gasteiger charge is 2.27. The topological polar surface area (TPSA) is 125 Å². The van der Waals surface area contributed by atoms with Crippen LogP contribution in [0.3, 0.4) is 0 Å². The van der Waals surface area contributed by atoms with Crippen LogP contribution in [-0.2, 0) is 33.7 Å². The SMILES string of the molecule is CC(C)CN(C)C(=O)NC(CCN1CCOCC1)C(=O)NC(CCC(Cc1ccccc1)NC(=O)OCc1cncs1)Cc1ccccc1. The molecule has 1 fully saturated rings. The molecule has 3 unspecified atom stereocenters. The molecular formula is C37H52N6O5S. The van der Waals surface area contributed by atoms with Gasteiger partial charge in [0.1, 0.15) is 12.6 Å². The van der Waals surface area contributed by atoms with E-state index in [0.29, 0.717) is 64.3 Å². The second-order valence-corrected chi connectivity index (χ2v) is 14.0. The highest BCUT2D eigenvalue weighted by atomic mass is 32.1. The maximum Gasteiger partial charge on any atom is 0.407 e. The molecule has 1 aliphatic rings. The molecule has 4 rings (SSSR count). The normalized spacial score (nSPS) is 15.2. The van der Waals surface area contributed by atoms with E-state index in [1.807, 2.05) is 60.7 Å². The number of hydrogen-bond acceptors (Lipinski definition) is 8. The van der Waals surface area contributed by atoms with Crippen molar-refractivity contribution < 1.29 is 23.9 Å². The molecule has 0 radical (unpaired) electrons. The van der Waals surface area contributed by atoms with Crippen LogP contribution in [0, 0.1) is 5.92 Å². The number of ether oxygens (including phenoxy) is 2. The van der Waals surface area contributed by atoms with Crippen LogP contribution >= 0.6 is 11.3 Å². The predicted molar refractivity (Wildman–Crippen MR) is 192 cm³/mol. The van der Waals surface area contributed by atoms with Gasteiger partial charge in [-0.05, 0) is 49.1 Å². The van der Waals surface area contributed by atoms with E-state index in [4.69, 9.17) is 9.47 Å². The molecule has 2 heterocycles. The Bertz CT molecular complexity index is 1390. The van der Waals surface area contributed by atoms with Gasteiger partial charge in [-0.2, -0.15) is 0 Å². The van der Waals surface area contributed by atoms with Gasteiger partial charge < -0.3 is 30.3 Å². The van der Waals surface area contributed by atoms with Crippen molar-refractivity contribution in [2.75, 3.05) is 46.4 Å². The predicted octanol–water partition coefficient (Wildman–Crippen LogP) is 4.88. The number of amides is 4. The summed E-state index contributed by atoms with van der Waals surface area (Å²) in [5, 5.41) is 9.38. The van der Waals surface area contributed by atoms with Crippen molar-refractivity contribution in [1.29, 1.82) is 0 Å². The van der Waals surface area contributed by atoms with E-state index in [1.54, 1.807) is 23.7 Å². The second-order valence-electron chi connectivity index (χ2n) is 13.1. The van der Waals surface area contributed by atoms with E-state index in [-0.39, 0.29) is 30.6 Å². The standard InChI is InChI=1S/C37H52N6O5S/c1-28(2)25-42(3)36(45)41-34(16-17-43-18-20-47-21-19-43)35(44)39-31(22-29-10-6-4-7-11-29)14-15-32(23-30-12-8-5-9-13-30)40-37(46)48-26-33-24-38-27-49-33/h4-13,24,27-28,31-32,34H,14-23,25-26H2,1-3H3,(H,39,44)(H,40,46)(H,41,45). The lowest BCUT2D eigenvalue weighted by Gasteiger charge is -2.30. The van der Waals surface area contributed by atoms with E-state index in [2.05, 4.69) is 39.7 Å². The minimum Gasteiger partial charge on any atom is -0.444 e. The minimum absolute atomic E-state index is 0.158. The monoisotopic (exact) mass is 692 g/mol. The molecule has 1 aliphatic heterocycles. The van der Waals surface area contributed by atoms with Crippen LogP contribution in [0.1, 0.15) is 49.1 Å². The Hall–Kier alpha value is -4.00. The van der Waals surface area contributed by atoms with Gasteiger partial charge in [-0.25, -0.2) is 9.59 Å². The fourth-order valence-electron chi connectivity index (χ4n) is 5.91. The van der Waals surface area contributed by atoms with Gasteiger partial charge in [-0.15, -0.1) is 11.3 Å². The highest BCUT2D eigenvalue weighted by molar-refractivity contribution is 7.09. The number of hydrogen-bond donors (Lipinski definition) is 3. The Morgan fingerprint density at radius 2 is 1.51 bits per heavy atom. The molecule has 0 saturated carbocycles. The van der Waals surface area contributed by atoms with Crippen LogP contribution < -0.4 is 16.0 Å². The van der Waals surface area contributed by atoms with Crippen LogP contribution in [0.25, 0.3) is 0 Å². The van der Waals surface area contributed by atoms with E-state index >= 15 is 0 Å².